The van der Waals surface area contributed by atoms with Crippen LogP contribution >= 0.6 is 22.6 Å². The second-order valence-electron chi connectivity index (χ2n) is 7.38. The summed E-state index contributed by atoms with van der Waals surface area (Å²) in [5.41, 5.74) is 2.03. The van der Waals surface area contributed by atoms with Crippen molar-refractivity contribution < 1.29 is 0 Å². The fourth-order valence-electron chi connectivity index (χ4n) is 3.55. The molecule has 1 aliphatic heterocycles. The summed E-state index contributed by atoms with van der Waals surface area (Å²) in [7, 11) is 0. The zero-order chi connectivity index (χ0) is 15.1. The maximum Gasteiger partial charge on any atom is 0.0309 e. The van der Waals surface area contributed by atoms with Gasteiger partial charge in [0.1, 0.15) is 0 Å². The summed E-state index contributed by atoms with van der Waals surface area (Å²) in [5.74, 6) is 0.887. The van der Waals surface area contributed by atoms with Crippen LogP contribution in [0.3, 0.4) is 0 Å². The normalized spacial score (nSPS) is 34.1. The second-order valence-corrected chi connectivity index (χ2v) is 8.62. The molecule has 0 aromatic heterocycles. The molecule has 0 radical (unpaired) electrons. The zero-order valence-electron chi connectivity index (χ0n) is 13.5. The first-order chi connectivity index (χ1) is 9.95. The minimum Gasteiger partial charge on any atom is -0.308 e. The fraction of sp³-hybridized carbons (Fsp3) is 0.667. The third-order valence-electron chi connectivity index (χ3n) is 5.68. The van der Waals surface area contributed by atoms with Crippen molar-refractivity contribution in [1.82, 2.24) is 10.2 Å². The van der Waals surface area contributed by atoms with Crippen LogP contribution in [-0.2, 0) is 6.54 Å². The van der Waals surface area contributed by atoms with Gasteiger partial charge in [-0.15, -0.1) is 0 Å². The highest BCUT2D eigenvalue weighted by Gasteiger charge is 2.48. The summed E-state index contributed by atoms with van der Waals surface area (Å²) in [5, 5.41) is 3.88. The molecule has 1 aliphatic carbocycles. The molecule has 0 amide bonds. The van der Waals surface area contributed by atoms with E-state index < -0.39 is 0 Å². The monoisotopic (exact) mass is 398 g/mol. The Kier molecular flexibility index (Phi) is 4.37. The van der Waals surface area contributed by atoms with Gasteiger partial charge in [0.25, 0.3) is 0 Å². The van der Waals surface area contributed by atoms with Crippen molar-refractivity contribution in [2.75, 3.05) is 13.1 Å². The molecule has 1 N–H and O–H groups in total. The van der Waals surface area contributed by atoms with Crippen molar-refractivity contribution in [3.63, 3.8) is 0 Å². The quantitative estimate of drug-likeness (QED) is 0.771. The highest BCUT2D eigenvalue weighted by molar-refractivity contribution is 14.1. The molecule has 3 rings (SSSR count). The van der Waals surface area contributed by atoms with Gasteiger partial charge in [0.2, 0.25) is 0 Å². The van der Waals surface area contributed by atoms with Crippen molar-refractivity contribution >= 4 is 22.6 Å². The van der Waals surface area contributed by atoms with Gasteiger partial charge in [-0.2, -0.15) is 0 Å². The topological polar surface area (TPSA) is 15.3 Å². The molecular formula is C18H27IN2. The highest BCUT2D eigenvalue weighted by atomic mass is 127. The molecule has 2 unspecified atom stereocenters. The van der Waals surface area contributed by atoms with E-state index in [1.54, 1.807) is 0 Å². The number of piperazine rings is 1. The van der Waals surface area contributed by atoms with Gasteiger partial charge in [-0.3, -0.25) is 4.90 Å². The number of hydrogen-bond acceptors (Lipinski definition) is 2. The largest absolute Gasteiger partial charge is 0.308 e. The van der Waals surface area contributed by atoms with E-state index in [1.165, 1.54) is 34.9 Å². The molecule has 21 heavy (non-hydrogen) atoms. The van der Waals surface area contributed by atoms with E-state index in [9.17, 15) is 0 Å². The standard InChI is InChI=1S/C18H27IN2/c1-4-17(2)12-20-18(3,15-7-8-15)13-21(17)11-14-5-9-16(19)10-6-14/h5-6,9-10,15,20H,4,7-8,11-13H2,1-3H3. The van der Waals surface area contributed by atoms with Crippen LogP contribution in [-0.4, -0.2) is 29.1 Å². The smallest absolute Gasteiger partial charge is 0.0309 e. The summed E-state index contributed by atoms with van der Waals surface area (Å²) in [6.45, 7) is 10.5. The predicted octanol–water partition coefficient (Wildman–Crippen LogP) is 4.03. The van der Waals surface area contributed by atoms with Crippen LogP contribution in [0.5, 0.6) is 0 Å². The third kappa shape index (κ3) is 3.30. The van der Waals surface area contributed by atoms with Crippen molar-refractivity contribution in [3.8, 4) is 0 Å². The molecule has 116 valence electrons. The van der Waals surface area contributed by atoms with E-state index in [2.05, 4.69) is 77.8 Å². The van der Waals surface area contributed by atoms with Gasteiger partial charge in [0, 0.05) is 34.3 Å². The molecule has 2 nitrogen and oxygen atoms in total. The lowest BCUT2D eigenvalue weighted by Crippen LogP contribution is -2.68. The lowest BCUT2D eigenvalue weighted by Gasteiger charge is -2.52. The van der Waals surface area contributed by atoms with Gasteiger partial charge < -0.3 is 5.32 Å². The first kappa shape index (κ1) is 15.8. The molecule has 1 saturated heterocycles. The summed E-state index contributed by atoms with van der Waals surface area (Å²) < 4.78 is 1.32. The molecule has 2 fully saturated rings. The van der Waals surface area contributed by atoms with Crippen molar-refractivity contribution in [2.45, 2.75) is 57.7 Å². The van der Waals surface area contributed by atoms with E-state index in [0.29, 0.717) is 5.54 Å². The summed E-state index contributed by atoms with van der Waals surface area (Å²) >= 11 is 2.38. The maximum atomic E-state index is 3.88. The zero-order valence-corrected chi connectivity index (χ0v) is 15.6. The summed E-state index contributed by atoms with van der Waals surface area (Å²) in [6.07, 6.45) is 4.01. The van der Waals surface area contributed by atoms with Gasteiger partial charge in [-0.1, -0.05) is 19.1 Å². The number of hydrogen-bond donors (Lipinski definition) is 1. The van der Waals surface area contributed by atoms with E-state index in [1.807, 2.05) is 0 Å². The molecule has 1 heterocycles. The summed E-state index contributed by atoms with van der Waals surface area (Å²) in [4.78, 5) is 2.73. The molecule has 1 aromatic carbocycles. The minimum atomic E-state index is 0.275. The van der Waals surface area contributed by atoms with Gasteiger partial charge in [0.15, 0.2) is 0 Å². The fourth-order valence-corrected chi connectivity index (χ4v) is 3.91. The van der Waals surface area contributed by atoms with Crippen LogP contribution in [0, 0.1) is 9.49 Å². The molecule has 1 saturated carbocycles. The molecule has 2 atom stereocenters. The predicted molar refractivity (Wildman–Crippen MR) is 97.4 cm³/mol. The third-order valence-corrected chi connectivity index (χ3v) is 6.40. The SMILES string of the molecule is CCC1(C)CNC(C)(C2CC2)CN1Cc1ccc(I)cc1. The number of nitrogens with one attached hydrogen (secondary N) is 1. The van der Waals surface area contributed by atoms with Crippen LogP contribution < -0.4 is 5.32 Å². The van der Waals surface area contributed by atoms with E-state index in [4.69, 9.17) is 0 Å². The van der Waals surface area contributed by atoms with Crippen molar-refractivity contribution in [1.29, 1.82) is 0 Å². The van der Waals surface area contributed by atoms with Crippen molar-refractivity contribution in [3.05, 3.63) is 33.4 Å². The molecule has 0 bridgehead atoms. The maximum absolute atomic E-state index is 3.88. The first-order valence-corrected chi connectivity index (χ1v) is 9.28. The molecule has 1 aromatic rings. The Morgan fingerprint density at radius 2 is 1.90 bits per heavy atom. The van der Waals surface area contributed by atoms with Crippen LogP contribution in [0.2, 0.25) is 0 Å². The van der Waals surface area contributed by atoms with E-state index in [-0.39, 0.29) is 5.54 Å². The van der Waals surface area contributed by atoms with E-state index in [0.717, 1.165) is 19.0 Å². The van der Waals surface area contributed by atoms with Crippen molar-refractivity contribution in [2.24, 2.45) is 5.92 Å². The molecule has 0 spiro atoms. The van der Waals surface area contributed by atoms with Gasteiger partial charge in [-0.05, 0) is 79.3 Å². The number of nitrogens with zero attached hydrogens (tertiary/aromatic N) is 1. The molecule has 2 aliphatic rings. The lowest BCUT2D eigenvalue weighted by molar-refractivity contribution is 0.00425. The van der Waals surface area contributed by atoms with Crippen LogP contribution in [0.4, 0.5) is 0 Å². The van der Waals surface area contributed by atoms with Crippen LogP contribution in [0.25, 0.3) is 0 Å². The Bertz CT molecular complexity index is 496. The van der Waals surface area contributed by atoms with Crippen LogP contribution in [0.15, 0.2) is 24.3 Å². The molecule has 3 heteroatoms. The van der Waals surface area contributed by atoms with Crippen LogP contribution in [0.1, 0.15) is 45.6 Å². The highest BCUT2D eigenvalue weighted by Crippen LogP contribution is 2.43. The Morgan fingerprint density at radius 3 is 2.48 bits per heavy atom. The lowest BCUT2D eigenvalue weighted by atomic mass is 9.84. The molecular weight excluding hydrogens is 371 g/mol. The number of halogens is 1. The van der Waals surface area contributed by atoms with Gasteiger partial charge in [0.05, 0.1) is 0 Å². The average molecular weight is 398 g/mol. The van der Waals surface area contributed by atoms with E-state index >= 15 is 0 Å². The number of benzene rings is 1. The second kappa shape index (κ2) is 5.82. The number of rotatable bonds is 4. The average Bonchev–Trinajstić information content (AvgIpc) is 3.31. The Balaban J connectivity index is 1.78. The Hall–Kier alpha value is -0.130. The Labute approximate surface area is 142 Å². The first-order valence-electron chi connectivity index (χ1n) is 8.20. The van der Waals surface area contributed by atoms with Gasteiger partial charge in [-0.25, -0.2) is 0 Å². The Morgan fingerprint density at radius 1 is 1.24 bits per heavy atom. The summed E-state index contributed by atoms with van der Waals surface area (Å²) in [6, 6.07) is 9.02. The minimum absolute atomic E-state index is 0.275. The van der Waals surface area contributed by atoms with Gasteiger partial charge >= 0.3 is 0 Å².